The molecule has 0 unspecified atom stereocenters. The molecule has 0 radical (unpaired) electrons. The van der Waals surface area contributed by atoms with Gasteiger partial charge in [0.15, 0.2) is 0 Å². The van der Waals surface area contributed by atoms with Crippen molar-refractivity contribution in [3.8, 4) is 0 Å². The molecule has 1 heterocycles. The van der Waals surface area contributed by atoms with Gasteiger partial charge in [-0.15, -0.1) is 0 Å². The van der Waals surface area contributed by atoms with Gasteiger partial charge in [-0.1, -0.05) is 0 Å². The lowest BCUT2D eigenvalue weighted by molar-refractivity contribution is -0.141. The van der Waals surface area contributed by atoms with Crippen molar-refractivity contribution in [3.05, 3.63) is 29.6 Å². The second kappa shape index (κ2) is 4.85. The van der Waals surface area contributed by atoms with Crippen LogP contribution in [0.15, 0.2) is 18.2 Å². The minimum atomic E-state index is -1.21. The number of carboxylic acid groups (broad SMARTS) is 1. The number of aliphatic hydroxyl groups excluding tert-OH is 1. The Morgan fingerprint density at radius 1 is 1.42 bits per heavy atom. The normalized spacial score (nSPS) is 22.5. The quantitative estimate of drug-likeness (QED) is 0.658. The third kappa shape index (κ3) is 2.50. The molecule has 19 heavy (non-hydrogen) atoms. The number of aliphatic carboxylic acids is 1. The van der Waals surface area contributed by atoms with Gasteiger partial charge in [0.2, 0.25) is 0 Å². The van der Waals surface area contributed by atoms with Crippen molar-refractivity contribution in [1.29, 1.82) is 0 Å². The number of amides is 1. The molecule has 0 spiro atoms. The van der Waals surface area contributed by atoms with Crippen LogP contribution in [0.5, 0.6) is 0 Å². The molecule has 1 aliphatic heterocycles. The van der Waals surface area contributed by atoms with Gasteiger partial charge in [0, 0.05) is 18.7 Å². The summed E-state index contributed by atoms with van der Waals surface area (Å²) in [5, 5.41) is 18.5. The Morgan fingerprint density at radius 3 is 2.74 bits per heavy atom. The summed E-state index contributed by atoms with van der Waals surface area (Å²) in [5.41, 5.74) is 5.56. The molecule has 0 aromatic heterocycles. The van der Waals surface area contributed by atoms with Crippen LogP contribution in [0.25, 0.3) is 0 Å². The molecular weight excluding hydrogens is 255 g/mol. The van der Waals surface area contributed by atoms with E-state index in [0.29, 0.717) is 0 Å². The summed E-state index contributed by atoms with van der Waals surface area (Å²) in [6.45, 7) is -0.105. The van der Waals surface area contributed by atoms with E-state index in [-0.39, 0.29) is 24.2 Å². The van der Waals surface area contributed by atoms with Crippen molar-refractivity contribution in [3.63, 3.8) is 0 Å². The van der Waals surface area contributed by atoms with Crippen LogP contribution in [0.1, 0.15) is 16.8 Å². The molecule has 1 saturated heterocycles. The maximum Gasteiger partial charge on any atom is 0.326 e. The summed E-state index contributed by atoms with van der Waals surface area (Å²) in [5.74, 6) is -2.54. The predicted octanol–water partition coefficient (Wildman–Crippen LogP) is 0.0679. The summed E-state index contributed by atoms with van der Waals surface area (Å²) >= 11 is 0. The van der Waals surface area contributed by atoms with Crippen molar-refractivity contribution >= 4 is 17.6 Å². The summed E-state index contributed by atoms with van der Waals surface area (Å²) in [6, 6.07) is 2.19. The standard InChI is InChI=1S/C12H13FN2O4/c13-6-1-2-9(14)8(3-6)11(17)15-5-7(16)4-10(15)12(18)19/h1-3,7,10,16H,4-5,14H2,(H,18,19)/t7-,10+/m1/s1. The molecular formula is C12H13FN2O4. The van der Waals surface area contributed by atoms with E-state index in [1.807, 2.05) is 0 Å². The fourth-order valence-corrected chi connectivity index (χ4v) is 2.14. The maximum absolute atomic E-state index is 13.1. The second-order valence-electron chi connectivity index (χ2n) is 4.43. The van der Waals surface area contributed by atoms with Gasteiger partial charge in [-0.3, -0.25) is 4.79 Å². The smallest absolute Gasteiger partial charge is 0.326 e. The van der Waals surface area contributed by atoms with E-state index in [1.165, 1.54) is 6.07 Å². The number of anilines is 1. The average molecular weight is 268 g/mol. The van der Waals surface area contributed by atoms with Crippen molar-refractivity contribution in [1.82, 2.24) is 4.90 Å². The molecule has 1 amide bonds. The summed E-state index contributed by atoms with van der Waals surface area (Å²) in [4.78, 5) is 24.2. The number of benzene rings is 1. The molecule has 1 aromatic carbocycles. The average Bonchev–Trinajstić information content (AvgIpc) is 2.74. The summed E-state index contributed by atoms with van der Waals surface area (Å²) < 4.78 is 13.1. The van der Waals surface area contributed by atoms with E-state index in [9.17, 15) is 19.1 Å². The lowest BCUT2D eigenvalue weighted by Gasteiger charge is -2.21. The maximum atomic E-state index is 13.1. The highest BCUT2D eigenvalue weighted by atomic mass is 19.1. The number of likely N-dealkylation sites (tertiary alicyclic amines) is 1. The topological polar surface area (TPSA) is 104 Å². The monoisotopic (exact) mass is 268 g/mol. The van der Waals surface area contributed by atoms with Crippen LogP contribution in [0.2, 0.25) is 0 Å². The summed E-state index contributed by atoms with van der Waals surface area (Å²) in [6.07, 6.45) is -0.948. The highest BCUT2D eigenvalue weighted by Gasteiger charge is 2.39. The van der Waals surface area contributed by atoms with Crippen LogP contribution < -0.4 is 5.73 Å². The molecule has 7 heteroatoms. The number of carbonyl (C=O) groups is 2. The molecule has 6 nitrogen and oxygen atoms in total. The number of halogens is 1. The first-order valence-electron chi connectivity index (χ1n) is 5.67. The van der Waals surface area contributed by atoms with Gasteiger partial charge in [-0.2, -0.15) is 0 Å². The first-order chi connectivity index (χ1) is 8.90. The van der Waals surface area contributed by atoms with Crippen LogP contribution in [-0.2, 0) is 4.79 Å². The van der Waals surface area contributed by atoms with E-state index in [2.05, 4.69) is 0 Å². The second-order valence-corrected chi connectivity index (χ2v) is 4.43. The van der Waals surface area contributed by atoms with E-state index in [4.69, 9.17) is 10.8 Å². The van der Waals surface area contributed by atoms with E-state index in [1.54, 1.807) is 0 Å². The zero-order valence-corrected chi connectivity index (χ0v) is 9.91. The number of nitrogens with zero attached hydrogens (tertiary/aromatic N) is 1. The van der Waals surface area contributed by atoms with Gasteiger partial charge >= 0.3 is 5.97 Å². The van der Waals surface area contributed by atoms with Gasteiger partial charge in [-0.25, -0.2) is 9.18 Å². The van der Waals surface area contributed by atoms with Crippen molar-refractivity contribution in [2.24, 2.45) is 0 Å². The fourth-order valence-electron chi connectivity index (χ4n) is 2.14. The van der Waals surface area contributed by atoms with Crippen molar-refractivity contribution in [2.45, 2.75) is 18.6 Å². The Morgan fingerprint density at radius 2 is 2.11 bits per heavy atom. The van der Waals surface area contributed by atoms with Gasteiger partial charge in [0.1, 0.15) is 11.9 Å². The first kappa shape index (κ1) is 13.3. The van der Waals surface area contributed by atoms with Gasteiger partial charge < -0.3 is 20.8 Å². The summed E-state index contributed by atoms with van der Waals surface area (Å²) in [7, 11) is 0. The number of nitrogen functional groups attached to an aromatic ring is 1. The zero-order valence-electron chi connectivity index (χ0n) is 9.91. The van der Waals surface area contributed by atoms with Gasteiger partial charge in [-0.05, 0) is 18.2 Å². The first-order valence-corrected chi connectivity index (χ1v) is 5.67. The van der Waals surface area contributed by atoms with Crippen LogP contribution in [-0.4, -0.2) is 45.7 Å². The third-order valence-electron chi connectivity index (χ3n) is 3.07. The number of rotatable bonds is 2. The zero-order chi connectivity index (χ0) is 14.2. The number of hydrogen-bond acceptors (Lipinski definition) is 4. The van der Waals surface area contributed by atoms with E-state index < -0.39 is 29.8 Å². The fraction of sp³-hybridized carbons (Fsp3) is 0.333. The predicted molar refractivity (Wildman–Crippen MR) is 63.9 cm³/mol. The van der Waals surface area contributed by atoms with E-state index >= 15 is 0 Å². The molecule has 1 aliphatic rings. The molecule has 0 bridgehead atoms. The third-order valence-corrected chi connectivity index (χ3v) is 3.07. The van der Waals surface area contributed by atoms with Crippen LogP contribution in [0, 0.1) is 5.82 Å². The Hall–Kier alpha value is -2.15. The van der Waals surface area contributed by atoms with E-state index in [0.717, 1.165) is 17.0 Å². The van der Waals surface area contributed by atoms with Crippen molar-refractivity contribution in [2.75, 3.05) is 12.3 Å². The molecule has 2 atom stereocenters. The number of carboxylic acids is 1. The highest BCUT2D eigenvalue weighted by molar-refractivity contribution is 6.01. The minimum absolute atomic E-state index is 0.0453. The molecule has 0 aliphatic carbocycles. The lowest BCUT2D eigenvalue weighted by atomic mass is 10.1. The SMILES string of the molecule is Nc1ccc(F)cc1C(=O)N1C[C@H](O)C[C@H]1C(=O)O. The Kier molecular flexibility index (Phi) is 3.39. The lowest BCUT2D eigenvalue weighted by Crippen LogP contribution is -2.40. The van der Waals surface area contributed by atoms with Crippen LogP contribution in [0.4, 0.5) is 10.1 Å². The molecule has 4 N–H and O–H groups in total. The number of nitrogens with two attached hydrogens (primary N) is 1. The van der Waals surface area contributed by atoms with Crippen LogP contribution in [0.3, 0.4) is 0 Å². The van der Waals surface area contributed by atoms with Crippen LogP contribution >= 0.6 is 0 Å². The number of aliphatic hydroxyl groups is 1. The number of hydrogen-bond donors (Lipinski definition) is 3. The number of carbonyl (C=O) groups excluding carboxylic acids is 1. The molecule has 0 saturated carbocycles. The van der Waals surface area contributed by atoms with Crippen molar-refractivity contribution < 1.29 is 24.2 Å². The largest absolute Gasteiger partial charge is 0.480 e. The highest BCUT2D eigenvalue weighted by Crippen LogP contribution is 2.23. The Labute approximate surface area is 108 Å². The molecule has 1 aromatic rings. The molecule has 1 fully saturated rings. The Bertz CT molecular complexity index is 534. The molecule has 102 valence electrons. The Balaban J connectivity index is 2.33. The molecule has 2 rings (SSSR count). The van der Waals surface area contributed by atoms with Gasteiger partial charge in [0.05, 0.1) is 11.7 Å². The number of β-amino-alcohol motifs (C(OH)–C–C–N with tert-alkyl or cyclic N) is 1. The van der Waals surface area contributed by atoms with Gasteiger partial charge in [0.25, 0.3) is 5.91 Å². The minimum Gasteiger partial charge on any atom is -0.480 e.